The Bertz CT molecular complexity index is 997. The summed E-state index contributed by atoms with van der Waals surface area (Å²) in [6.45, 7) is 0.841. The van der Waals surface area contributed by atoms with Gasteiger partial charge in [-0.05, 0) is 37.3 Å². The molecule has 0 unspecified atom stereocenters. The Kier molecular flexibility index (Phi) is 4.91. The zero-order valence-electron chi connectivity index (χ0n) is 16.4. The zero-order valence-corrected chi connectivity index (χ0v) is 17.2. The number of nitrogen functional groups attached to an aromatic ring is 1. The second-order valence-corrected chi connectivity index (χ2v) is 8.60. The number of aromatic nitrogens is 1. The Hall–Kier alpha value is -2.38. The van der Waals surface area contributed by atoms with Crippen molar-refractivity contribution in [3.8, 4) is 11.1 Å². The molecule has 1 aliphatic carbocycles. The van der Waals surface area contributed by atoms with Crippen LogP contribution in [-0.2, 0) is 5.41 Å². The van der Waals surface area contributed by atoms with Gasteiger partial charge in [-0.3, -0.25) is 4.79 Å². The first-order chi connectivity index (χ1) is 13.8. The van der Waals surface area contributed by atoms with Gasteiger partial charge in [0.25, 0.3) is 5.91 Å². The fraction of sp³-hybridized carbons (Fsp3) is 0.429. The van der Waals surface area contributed by atoms with E-state index in [1.165, 1.54) is 23.2 Å². The zero-order chi connectivity index (χ0) is 20.9. The molecule has 2 heterocycles. The maximum atomic E-state index is 15.4. The van der Waals surface area contributed by atoms with Crippen molar-refractivity contribution in [1.29, 1.82) is 0 Å². The first-order valence-corrected chi connectivity index (χ1v) is 10.0. The van der Waals surface area contributed by atoms with Crippen LogP contribution in [0.1, 0.15) is 35.2 Å². The molecule has 154 valence electrons. The summed E-state index contributed by atoms with van der Waals surface area (Å²) in [4.78, 5) is 18.2. The van der Waals surface area contributed by atoms with Crippen molar-refractivity contribution >= 4 is 29.0 Å². The monoisotopic (exact) mass is 418 g/mol. The summed E-state index contributed by atoms with van der Waals surface area (Å²) in [5.74, 6) is -0.281. The number of carbonyl (C=O) groups is 1. The van der Waals surface area contributed by atoms with E-state index in [9.17, 15) is 9.90 Å². The third-order valence-electron chi connectivity index (χ3n) is 6.19. The molecule has 4 rings (SSSR count). The predicted octanol–water partition coefficient (Wildman–Crippen LogP) is 3.28. The normalized spacial score (nSPS) is 22.6. The van der Waals surface area contributed by atoms with E-state index in [4.69, 9.17) is 17.3 Å². The highest BCUT2D eigenvalue weighted by molar-refractivity contribution is 6.34. The summed E-state index contributed by atoms with van der Waals surface area (Å²) >= 11 is 6.82. The Labute approximate surface area is 173 Å². The van der Waals surface area contributed by atoms with Crippen LogP contribution in [0.15, 0.2) is 18.3 Å². The van der Waals surface area contributed by atoms with E-state index >= 15 is 4.39 Å². The summed E-state index contributed by atoms with van der Waals surface area (Å²) < 4.78 is 15.4. The molecule has 1 spiro atoms. The summed E-state index contributed by atoms with van der Waals surface area (Å²) in [6, 6.07) is 3.05. The lowest BCUT2D eigenvalue weighted by molar-refractivity contribution is 0.0824. The molecular formula is C21H24ClFN4O2. The SMILES string of the molecule is CN(C)C(=O)c1c(N)ccc(-c2cnc3c(c2Cl)[C@]2(CC[C@H](CO)C2)CN3)c1F. The van der Waals surface area contributed by atoms with Crippen LogP contribution in [0.3, 0.4) is 0 Å². The average Bonchev–Trinajstić information content (AvgIpc) is 3.27. The van der Waals surface area contributed by atoms with E-state index in [-0.39, 0.29) is 34.8 Å². The number of hydrogen-bond donors (Lipinski definition) is 3. The Morgan fingerprint density at radius 1 is 1.45 bits per heavy atom. The molecular weight excluding hydrogens is 395 g/mol. The van der Waals surface area contributed by atoms with Gasteiger partial charge in [0.15, 0.2) is 0 Å². The number of rotatable bonds is 3. The van der Waals surface area contributed by atoms with Gasteiger partial charge in [0.05, 0.1) is 10.6 Å². The Balaban J connectivity index is 1.85. The van der Waals surface area contributed by atoms with Crippen LogP contribution in [0.25, 0.3) is 11.1 Å². The van der Waals surface area contributed by atoms with E-state index in [0.29, 0.717) is 22.9 Å². The van der Waals surface area contributed by atoms with Crippen molar-refractivity contribution < 1.29 is 14.3 Å². The number of nitrogens with zero attached hydrogens (tertiary/aromatic N) is 2. The smallest absolute Gasteiger partial charge is 0.258 e. The highest BCUT2D eigenvalue weighted by Gasteiger charge is 2.47. The molecule has 0 radical (unpaired) electrons. The molecule has 1 fully saturated rings. The summed E-state index contributed by atoms with van der Waals surface area (Å²) in [5.41, 5.74) is 7.10. The molecule has 0 saturated heterocycles. The molecule has 6 nitrogen and oxygen atoms in total. The molecule has 8 heteroatoms. The molecule has 1 saturated carbocycles. The maximum absolute atomic E-state index is 15.4. The fourth-order valence-electron chi connectivity index (χ4n) is 4.66. The highest BCUT2D eigenvalue weighted by atomic mass is 35.5. The number of benzene rings is 1. The molecule has 2 aromatic rings. The molecule has 2 atom stereocenters. The van der Waals surface area contributed by atoms with Gasteiger partial charge in [-0.1, -0.05) is 11.6 Å². The minimum absolute atomic E-state index is 0.0786. The lowest BCUT2D eigenvalue weighted by atomic mass is 9.80. The minimum Gasteiger partial charge on any atom is -0.398 e. The van der Waals surface area contributed by atoms with E-state index in [1.807, 2.05) is 0 Å². The van der Waals surface area contributed by atoms with E-state index in [1.54, 1.807) is 14.1 Å². The molecule has 1 aliphatic heterocycles. The van der Waals surface area contributed by atoms with Gasteiger partial charge in [-0.25, -0.2) is 9.37 Å². The molecule has 2 aliphatic rings. The number of amides is 1. The molecule has 1 aromatic carbocycles. The maximum Gasteiger partial charge on any atom is 0.258 e. The summed E-state index contributed by atoms with van der Waals surface area (Å²) in [6.07, 6.45) is 4.14. The number of nitrogens with one attached hydrogen (secondary N) is 1. The third kappa shape index (κ3) is 3.04. The Morgan fingerprint density at radius 2 is 2.21 bits per heavy atom. The number of carbonyl (C=O) groups excluding carboxylic acids is 1. The van der Waals surface area contributed by atoms with E-state index in [2.05, 4.69) is 10.3 Å². The van der Waals surface area contributed by atoms with Gasteiger partial charge in [0.2, 0.25) is 0 Å². The van der Waals surface area contributed by atoms with Gasteiger partial charge < -0.3 is 21.1 Å². The van der Waals surface area contributed by atoms with E-state index in [0.717, 1.165) is 24.8 Å². The van der Waals surface area contributed by atoms with Crippen LogP contribution in [-0.4, -0.2) is 48.1 Å². The van der Waals surface area contributed by atoms with Crippen molar-refractivity contribution in [1.82, 2.24) is 9.88 Å². The van der Waals surface area contributed by atoms with Crippen LogP contribution in [0, 0.1) is 11.7 Å². The van der Waals surface area contributed by atoms with Gasteiger partial charge in [-0.15, -0.1) is 0 Å². The van der Waals surface area contributed by atoms with Crippen molar-refractivity contribution in [2.75, 3.05) is 38.3 Å². The lowest BCUT2D eigenvalue weighted by Gasteiger charge is -2.25. The number of hydrogen-bond acceptors (Lipinski definition) is 5. The number of pyridine rings is 1. The van der Waals surface area contributed by atoms with Gasteiger partial charge in [0.1, 0.15) is 11.6 Å². The number of nitrogens with two attached hydrogens (primary N) is 1. The fourth-order valence-corrected chi connectivity index (χ4v) is 5.10. The van der Waals surface area contributed by atoms with Crippen molar-refractivity contribution in [2.45, 2.75) is 24.7 Å². The van der Waals surface area contributed by atoms with Gasteiger partial charge in [0, 0.05) is 61.2 Å². The minimum atomic E-state index is -0.702. The van der Waals surface area contributed by atoms with Gasteiger partial charge >= 0.3 is 0 Å². The Morgan fingerprint density at radius 3 is 2.86 bits per heavy atom. The van der Waals surface area contributed by atoms with Crippen molar-refractivity contribution in [2.24, 2.45) is 5.92 Å². The largest absolute Gasteiger partial charge is 0.398 e. The highest BCUT2D eigenvalue weighted by Crippen LogP contribution is 2.53. The van der Waals surface area contributed by atoms with Crippen molar-refractivity contribution in [3.05, 3.63) is 40.3 Å². The number of fused-ring (bicyclic) bond motifs is 2. The lowest BCUT2D eigenvalue weighted by Crippen LogP contribution is -2.26. The molecule has 1 amide bonds. The molecule has 1 aromatic heterocycles. The van der Waals surface area contributed by atoms with Crippen LogP contribution in [0.2, 0.25) is 5.02 Å². The second-order valence-electron chi connectivity index (χ2n) is 8.23. The first kappa shape index (κ1) is 19.9. The number of aliphatic hydroxyl groups is 1. The number of halogens is 2. The second kappa shape index (κ2) is 7.15. The standard InChI is InChI=1S/C21H24ClFN4O2/c1-27(2)20(29)15-14(24)4-3-12(18(15)23)13-8-25-19-16(17(13)22)21(10-26-19)6-5-11(7-21)9-28/h3-4,8,11,28H,5-7,9-10,24H2,1-2H3,(H,25,26)/t11-,21-/m0/s1. The van der Waals surface area contributed by atoms with Crippen LogP contribution >= 0.6 is 11.6 Å². The molecule has 4 N–H and O–H groups in total. The number of anilines is 2. The van der Waals surface area contributed by atoms with Gasteiger partial charge in [-0.2, -0.15) is 0 Å². The summed E-state index contributed by atoms with van der Waals surface area (Å²) in [5, 5.41) is 13.3. The number of aliphatic hydroxyl groups excluding tert-OH is 1. The van der Waals surface area contributed by atoms with Crippen LogP contribution < -0.4 is 11.1 Å². The third-order valence-corrected chi connectivity index (χ3v) is 6.59. The van der Waals surface area contributed by atoms with Crippen molar-refractivity contribution in [3.63, 3.8) is 0 Å². The molecule has 29 heavy (non-hydrogen) atoms. The topological polar surface area (TPSA) is 91.5 Å². The summed E-state index contributed by atoms with van der Waals surface area (Å²) in [7, 11) is 3.09. The quantitative estimate of drug-likeness (QED) is 0.665. The van der Waals surface area contributed by atoms with Crippen LogP contribution in [0.5, 0.6) is 0 Å². The van der Waals surface area contributed by atoms with E-state index < -0.39 is 11.7 Å². The molecule has 0 bridgehead atoms. The van der Waals surface area contributed by atoms with Crippen LogP contribution in [0.4, 0.5) is 15.9 Å². The predicted molar refractivity (Wildman–Crippen MR) is 112 cm³/mol. The average molecular weight is 419 g/mol. The first-order valence-electron chi connectivity index (χ1n) is 9.63.